The maximum absolute atomic E-state index is 14.0. The lowest BCUT2D eigenvalue weighted by Crippen LogP contribution is -2.52. The molecule has 0 aromatic heterocycles. The average Bonchev–Trinajstić information content (AvgIpc) is 3.02. The lowest BCUT2D eigenvalue weighted by molar-refractivity contribution is 0.0556. The molecular formula is C21H6B3F15O6. The first-order valence-corrected chi connectivity index (χ1v) is 11.4. The maximum Gasteiger partial charge on any atom is 0.615 e. The molecule has 0 bridgehead atoms. The van der Waals surface area contributed by atoms with Crippen LogP contribution in [0.25, 0.3) is 0 Å². The first-order valence-electron chi connectivity index (χ1n) is 11.4. The highest BCUT2D eigenvalue weighted by Crippen LogP contribution is 2.28. The maximum atomic E-state index is 14.0. The van der Waals surface area contributed by atoms with Gasteiger partial charge in [-0.1, -0.05) is 0 Å². The first kappa shape index (κ1) is 34.4. The molecule has 1 aliphatic rings. The van der Waals surface area contributed by atoms with Gasteiger partial charge in [0.05, 0.1) is 36.5 Å². The standard InChI is InChI=1S/C21H6B3F15O6/c25-7-4(8(26)14(32)19(37)13(7)31)1-40-22-43-23(41-2-5-9(27)15(33)20(38)16(34)10(5)28)45-24(44-22)42-3-6-11(29)17(35)21(39)18(36)12(6)30/h1-3H2. The Labute approximate surface area is 240 Å². The summed E-state index contributed by atoms with van der Waals surface area (Å²) < 4.78 is 233. The van der Waals surface area contributed by atoms with Crippen LogP contribution in [0.5, 0.6) is 0 Å². The number of benzene rings is 3. The van der Waals surface area contributed by atoms with Crippen LogP contribution in [0.4, 0.5) is 65.9 Å². The third-order valence-corrected chi connectivity index (χ3v) is 5.66. The second-order valence-electron chi connectivity index (χ2n) is 8.35. The molecule has 1 fully saturated rings. The fourth-order valence-corrected chi connectivity index (χ4v) is 3.39. The SMILES string of the molecule is Fc1c(F)c(F)c(COB2OB(OCc3c(F)c(F)c(F)c(F)c3F)OB(OCc3c(F)c(F)c(F)c(F)c3F)O2)c(F)c1F. The van der Waals surface area contributed by atoms with E-state index in [1.807, 2.05) is 0 Å². The van der Waals surface area contributed by atoms with Crippen LogP contribution in [0.1, 0.15) is 16.7 Å². The van der Waals surface area contributed by atoms with Gasteiger partial charge in [0.2, 0.25) is 17.5 Å². The highest BCUT2D eigenvalue weighted by molar-refractivity contribution is 6.66. The van der Waals surface area contributed by atoms with Gasteiger partial charge in [-0.25, -0.2) is 65.9 Å². The Morgan fingerprint density at radius 1 is 0.289 bits per heavy atom. The molecule has 1 heterocycles. The number of rotatable bonds is 9. The fraction of sp³-hybridized carbons (Fsp3) is 0.143. The third-order valence-electron chi connectivity index (χ3n) is 5.66. The summed E-state index contributed by atoms with van der Waals surface area (Å²) in [6.45, 7) is -4.78. The van der Waals surface area contributed by atoms with Gasteiger partial charge < -0.3 is 27.7 Å². The molecule has 3 aromatic rings. The van der Waals surface area contributed by atoms with Crippen LogP contribution in [0.2, 0.25) is 0 Å². The number of hydrogen-bond acceptors (Lipinski definition) is 6. The molecule has 0 aliphatic carbocycles. The van der Waals surface area contributed by atoms with Crippen molar-refractivity contribution in [3.05, 3.63) is 104 Å². The van der Waals surface area contributed by atoms with Gasteiger partial charge in [0, 0.05) is 0 Å². The van der Waals surface area contributed by atoms with Gasteiger partial charge in [0.25, 0.3) is 0 Å². The van der Waals surface area contributed by atoms with Crippen LogP contribution in [0.3, 0.4) is 0 Å². The largest absolute Gasteiger partial charge is 0.615 e. The molecule has 0 saturated carbocycles. The van der Waals surface area contributed by atoms with Crippen LogP contribution in [0.15, 0.2) is 0 Å². The molecule has 3 aromatic carbocycles. The summed E-state index contributed by atoms with van der Waals surface area (Å²) in [4.78, 5) is 0. The first-order chi connectivity index (χ1) is 21.1. The predicted molar refractivity (Wildman–Crippen MR) is 114 cm³/mol. The molecule has 240 valence electrons. The summed E-state index contributed by atoms with van der Waals surface area (Å²) in [5.74, 6) is -36.4. The fourth-order valence-electron chi connectivity index (χ4n) is 3.39. The van der Waals surface area contributed by atoms with Gasteiger partial charge in [0.1, 0.15) is 0 Å². The molecule has 0 radical (unpaired) electrons. The van der Waals surface area contributed by atoms with E-state index in [4.69, 9.17) is 27.7 Å². The van der Waals surface area contributed by atoms with E-state index >= 15 is 0 Å². The van der Waals surface area contributed by atoms with E-state index in [1.54, 1.807) is 0 Å². The van der Waals surface area contributed by atoms with Gasteiger partial charge in [-0.2, -0.15) is 0 Å². The molecule has 4 rings (SSSR count). The van der Waals surface area contributed by atoms with E-state index in [-0.39, 0.29) is 0 Å². The zero-order valence-corrected chi connectivity index (χ0v) is 21.0. The predicted octanol–water partition coefficient (Wildman–Crippen LogP) is 5.74. The van der Waals surface area contributed by atoms with E-state index in [1.165, 1.54) is 0 Å². The second-order valence-corrected chi connectivity index (χ2v) is 8.35. The van der Waals surface area contributed by atoms with E-state index in [0.717, 1.165) is 0 Å². The molecular weight excluding hydrogens is 666 g/mol. The quantitative estimate of drug-likeness (QED) is 0.125. The monoisotopic (exact) mass is 672 g/mol. The number of halogens is 15. The molecule has 1 saturated heterocycles. The van der Waals surface area contributed by atoms with Crippen molar-refractivity contribution in [3.63, 3.8) is 0 Å². The van der Waals surface area contributed by atoms with Crippen LogP contribution in [0, 0.1) is 87.3 Å². The minimum atomic E-state index is -2.55. The van der Waals surface area contributed by atoms with E-state index < -0.39 is 146 Å². The van der Waals surface area contributed by atoms with Gasteiger partial charge in [-0.3, -0.25) is 0 Å². The molecule has 0 spiro atoms. The molecule has 24 heteroatoms. The Morgan fingerprint density at radius 3 is 0.622 bits per heavy atom. The smallest absolute Gasteiger partial charge is 0.400 e. The normalized spacial score (nSPS) is 13.8. The Hall–Kier alpha value is -3.44. The van der Waals surface area contributed by atoms with Crippen LogP contribution in [-0.4, -0.2) is 22.0 Å². The molecule has 6 nitrogen and oxygen atoms in total. The van der Waals surface area contributed by atoms with Gasteiger partial charge in [-0.15, -0.1) is 0 Å². The topological polar surface area (TPSA) is 55.4 Å². The van der Waals surface area contributed by atoms with Crippen LogP contribution in [-0.2, 0) is 47.5 Å². The summed E-state index contributed by atoms with van der Waals surface area (Å²) in [5, 5.41) is 0. The second kappa shape index (κ2) is 13.5. The zero-order valence-electron chi connectivity index (χ0n) is 21.0. The van der Waals surface area contributed by atoms with Gasteiger partial charge in [0.15, 0.2) is 69.8 Å². The molecule has 1 aliphatic heterocycles. The van der Waals surface area contributed by atoms with Crippen molar-refractivity contribution in [2.24, 2.45) is 0 Å². The molecule has 0 atom stereocenters. The summed E-state index contributed by atoms with van der Waals surface area (Å²) in [6, 6.07) is 0. The van der Waals surface area contributed by atoms with Crippen molar-refractivity contribution in [2.45, 2.75) is 19.8 Å². The van der Waals surface area contributed by atoms with Crippen LogP contribution < -0.4 is 0 Å². The zero-order chi connectivity index (χ0) is 33.5. The van der Waals surface area contributed by atoms with Gasteiger partial charge >= 0.3 is 22.0 Å². The van der Waals surface area contributed by atoms with E-state index in [2.05, 4.69) is 0 Å². The highest BCUT2D eigenvalue weighted by Gasteiger charge is 2.47. The molecule has 45 heavy (non-hydrogen) atoms. The minimum Gasteiger partial charge on any atom is -0.400 e. The summed E-state index contributed by atoms with van der Waals surface area (Å²) >= 11 is 0. The Balaban J connectivity index is 1.57. The van der Waals surface area contributed by atoms with Gasteiger partial charge in [-0.05, 0) is 0 Å². The van der Waals surface area contributed by atoms with E-state index in [0.29, 0.717) is 0 Å². The van der Waals surface area contributed by atoms with Crippen molar-refractivity contribution in [3.8, 4) is 0 Å². The number of hydrogen-bond donors (Lipinski definition) is 0. The summed E-state index contributed by atoms with van der Waals surface area (Å²) in [7, 11) is -7.51. The Morgan fingerprint density at radius 2 is 0.444 bits per heavy atom. The van der Waals surface area contributed by atoms with Crippen molar-refractivity contribution < 1.29 is 93.5 Å². The van der Waals surface area contributed by atoms with Crippen molar-refractivity contribution in [1.29, 1.82) is 0 Å². The van der Waals surface area contributed by atoms with Crippen molar-refractivity contribution in [2.75, 3.05) is 0 Å². The Kier molecular flexibility index (Phi) is 10.3. The minimum absolute atomic E-state index is 1.59. The van der Waals surface area contributed by atoms with Crippen LogP contribution >= 0.6 is 0 Å². The highest BCUT2D eigenvalue weighted by atomic mass is 19.2. The third kappa shape index (κ3) is 6.61. The summed E-state index contributed by atoms with van der Waals surface area (Å²) in [6.07, 6.45) is 0. The van der Waals surface area contributed by atoms with Crippen molar-refractivity contribution >= 4 is 22.0 Å². The Bertz CT molecular complexity index is 1370. The van der Waals surface area contributed by atoms with Crippen molar-refractivity contribution in [1.82, 2.24) is 0 Å². The average molecular weight is 672 g/mol. The molecule has 0 N–H and O–H groups in total. The lowest BCUT2D eigenvalue weighted by atomic mass is 9.96. The molecule has 0 unspecified atom stereocenters. The van der Waals surface area contributed by atoms with E-state index in [9.17, 15) is 65.9 Å². The lowest BCUT2D eigenvalue weighted by Gasteiger charge is -2.28. The molecule has 0 amide bonds. The summed E-state index contributed by atoms with van der Waals surface area (Å²) in [5.41, 5.74) is -4.87.